The second kappa shape index (κ2) is 5.02. The van der Waals surface area contributed by atoms with E-state index in [0.717, 1.165) is 0 Å². The van der Waals surface area contributed by atoms with Crippen LogP contribution in [-0.2, 0) is 6.54 Å². The highest BCUT2D eigenvalue weighted by Crippen LogP contribution is 2.18. The molecule has 0 saturated heterocycles. The summed E-state index contributed by atoms with van der Waals surface area (Å²) in [7, 11) is 0. The summed E-state index contributed by atoms with van der Waals surface area (Å²) in [6.45, 7) is 0.383. The van der Waals surface area contributed by atoms with Gasteiger partial charge in [0, 0.05) is 0 Å². The van der Waals surface area contributed by atoms with Crippen molar-refractivity contribution < 1.29 is 8.81 Å². The van der Waals surface area contributed by atoms with Gasteiger partial charge >= 0.3 is 0 Å². The van der Waals surface area contributed by atoms with Crippen molar-refractivity contribution in [1.29, 1.82) is 5.26 Å². The minimum Gasteiger partial charge on any atom is -0.452 e. The Bertz CT molecular complexity index is 574. The Labute approximate surface area is 106 Å². The first-order chi connectivity index (χ1) is 8.19. The Morgan fingerprint density at radius 1 is 1.35 bits per heavy atom. The van der Waals surface area contributed by atoms with E-state index in [1.165, 1.54) is 12.1 Å². The molecule has 1 aromatic carbocycles. The lowest BCUT2D eigenvalue weighted by Crippen LogP contribution is -2.00. The molecule has 2 rings (SSSR count). The molecule has 2 aromatic rings. The molecule has 5 heteroatoms. The second-order valence-electron chi connectivity index (χ2n) is 3.37. The van der Waals surface area contributed by atoms with Crippen molar-refractivity contribution in [2.75, 3.05) is 5.32 Å². The molecule has 1 heterocycles. The maximum Gasteiger partial charge on any atom is 0.169 e. The maximum absolute atomic E-state index is 13.5. The molecule has 0 aliphatic heterocycles. The molecule has 0 fully saturated rings. The molecule has 86 valence electrons. The summed E-state index contributed by atoms with van der Waals surface area (Å²) in [6.07, 6.45) is 0. The van der Waals surface area contributed by atoms with Gasteiger partial charge in [-0.25, -0.2) is 4.39 Å². The Morgan fingerprint density at radius 3 is 2.76 bits per heavy atom. The molecule has 0 unspecified atom stereocenters. The molecule has 1 aromatic heterocycles. The molecule has 17 heavy (non-hydrogen) atoms. The lowest BCUT2D eigenvalue weighted by Gasteiger charge is -2.05. The Kier molecular flexibility index (Phi) is 3.45. The summed E-state index contributed by atoms with van der Waals surface area (Å²) in [5.74, 6) is 0.246. The lowest BCUT2D eigenvalue weighted by atomic mass is 10.2. The van der Waals surface area contributed by atoms with E-state index in [4.69, 9.17) is 9.68 Å². The van der Waals surface area contributed by atoms with Crippen molar-refractivity contribution >= 4 is 21.6 Å². The summed E-state index contributed by atoms with van der Waals surface area (Å²) in [5.41, 5.74) is 0.644. The maximum atomic E-state index is 13.5. The van der Waals surface area contributed by atoms with E-state index < -0.39 is 5.82 Å². The van der Waals surface area contributed by atoms with Crippen molar-refractivity contribution in [3.8, 4) is 6.07 Å². The fourth-order valence-corrected chi connectivity index (χ4v) is 1.70. The third kappa shape index (κ3) is 2.86. The molecule has 0 amide bonds. The van der Waals surface area contributed by atoms with Gasteiger partial charge in [-0.2, -0.15) is 5.26 Å². The minimum atomic E-state index is -0.449. The van der Waals surface area contributed by atoms with E-state index >= 15 is 0 Å². The van der Waals surface area contributed by atoms with E-state index in [9.17, 15) is 4.39 Å². The van der Waals surface area contributed by atoms with Gasteiger partial charge in [0.25, 0.3) is 0 Å². The first-order valence-electron chi connectivity index (χ1n) is 4.87. The predicted molar refractivity (Wildman–Crippen MR) is 64.8 cm³/mol. The average molecular weight is 295 g/mol. The van der Waals surface area contributed by atoms with Crippen LogP contribution in [0.4, 0.5) is 10.1 Å². The van der Waals surface area contributed by atoms with Gasteiger partial charge in [0.05, 0.1) is 23.9 Å². The summed E-state index contributed by atoms with van der Waals surface area (Å²) >= 11 is 3.19. The number of furan rings is 1. The van der Waals surface area contributed by atoms with E-state index in [2.05, 4.69) is 21.2 Å². The normalized spacial score (nSPS) is 9.94. The van der Waals surface area contributed by atoms with Gasteiger partial charge < -0.3 is 9.73 Å². The van der Waals surface area contributed by atoms with Gasteiger partial charge in [0.15, 0.2) is 4.67 Å². The predicted octanol–water partition coefficient (Wildman–Crippen LogP) is 3.66. The molecule has 3 nitrogen and oxygen atoms in total. The van der Waals surface area contributed by atoms with Gasteiger partial charge in [0.1, 0.15) is 11.6 Å². The Hall–Kier alpha value is -1.80. The van der Waals surface area contributed by atoms with E-state index in [1.54, 1.807) is 18.2 Å². The SMILES string of the molecule is N#Cc1ccc(NCc2ccc(Br)o2)c(F)c1. The summed E-state index contributed by atoms with van der Waals surface area (Å²) in [4.78, 5) is 0. The Balaban J connectivity index is 2.07. The zero-order valence-corrected chi connectivity index (χ0v) is 10.3. The largest absolute Gasteiger partial charge is 0.452 e. The third-order valence-corrected chi connectivity index (χ3v) is 2.61. The number of hydrogen-bond donors (Lipinski definition) is 1. The second-order valence-corrected chi connectivity index (χ2v) is 4.15. The molecule has 0 aliphatic rings. The lowest BCUT2D eigenvalue weighted by molar-refractivity contribution is 0.495. The smallest absolute Gasteiger partial charge is 0.169 e. The van der Waals surface area contributed by atoms with Gasteiger partial charge in [-0.3, -0.25) is 0 Å². The zero-order chi connectivity index (χ0) is 12.3. The van der Waals surface area contributed by atoms with Gasteiger partial charge in [0.2, 0.25) is 0 Å². The quantitative estimate of drug-likeness (QED) is 0.940. The highest BCUT2D eigenvalue weighted by molar-refractivity contribution is 9.10. The minimum absolute atomic E-state index is 0.300. The van der Waals surface area contributed by atoms with Crippen LogP contribution in [0.2, 0.25) is 0 Å². The van der Waals surface area contributed by atoms with Crippen LogP contribution >= 0.6 is 15.9 Å². The first kappa shape index (κ1) is 11.7. The highest BCUT2D eigenvalue weighted by Gasteiger charge is 2.04. The number of halogens is 2. The van der Waals surface area contributed by atoms with E-state index in [1.807, 2.05) is 6.07 Å². The summed E-state index contributed by atoms with van der Waals surface area (Å²) < 4.78 is 19.4. The number of nitrogens with one attached hydrogen (secondary N) is 1. The van der Waals surface area contributed by atoms with Crippen molar-refractivity contribution in [3.63, 3.8) is 0 Å². The number of nitriles is 1. The molecular weight excluding hydrogens is 287 g/mol. The van der Waals surface area contributed by atoms with Crippen LogP contribution in [0.25, 0.3) is 0 Å². The molecule has 1 N–H and O–H groups in total. The summed E-state index contributed by atoms with van der Waals surface area (Å²) in [6, 6.07) is 9.73. The van der Waals surface area contributed by atoms with Crippen molar-refractivity contribution in [1.82, 2.24) is 0 Å². The molecule has 0 radical (unpaired) electrons. The molecule has 0 bridgehead atoms. The molecule has 0 aliphatic carbocycles. The monoisotopic (exact) mass is 294 g/mol. The van der Waals surface area contributed by atoms with Crippen molar-refractivity contribution in [2.24, 2.45) is 0 Å². The molecule has 0 saturated carbocycles. The van der Waals surface area contributed by atoms with Crippen LogP contribution in [0.1, 0.15) is 11.3 Å². The van der Waals surface area contributed by atoms with Gasteiger partial charge in [-0.05, 0) is 46.3 Å². The molecule has 0 spiro atoms. The molecule has 0 atom stereocenters. The van der Waals surface area contributed by atoms with Gasteiger partial charge in [-0.15, -0.1) is 0 Å². The standard InChI is InChI=1S/C12H8BrFN2O/c13-12-4-2-9(17-12)7-16-11-3-1-8(6-15)5-10(11)14/h1-5,16H,7H2. The third-order valence-electron chi connectivity index (χ3n) is 2.18. The number of hydrogen-bond acceptors (Lipinski definition) is 3. The van der Waals surface area contributed by atoms with Crippen LogP contribution < -0.4 is 5.32 Å². The van der Waals surface area contributed by atoms with Gasteiger partial charge in [-0.1, -0.05) is 0 Å². The van der Waals surface area contributed by atoms with Crippen LogP contribution in [0.15, 0.2) is 39.4 Å². The number of benzene rings is 1. The first-order valence-corrected chi connectivity index (χ1v) is 5.66. The van der Waals surface area contributed by atoms with Crippen LogP contribution in [0, 0.1) is 17.1 Å². The van der Waals surface area contributed by atoms with E-state index in [0.29, 0.717) is 28.2 Å². The molecular formula is C12H8BrFN2O. The van der Waals surface area contributed by atoms with Crippen molar-refractivity contribution in [3.05, 3.63) is 52.1 Å². The van der Waals surface area contributed by atoms with Crippen molar-refractivity contribution in [2.45, 2.75) is 6.54 Å². The van der Waals surface area contributed by atoms with Crippen LogP contribution in [0.5, 0.6) is 0 Å². The zero-order valence-electron chi connectivity index (χ0n) is 8.71. The van der Waals surface area contributed by atoms with Crippen LogP contribution in [0.3, 0.4) is 0 Å². The van der Waals surface area contributed by atoms with E-state index in [-0.39, 0.29) is 0 Å². The fourth-order valence-electron chi connectivity index (χ4n) is 1.36. The highest BCUT2D eigenvalue weighted by atomic mass is 79.9. The average Bonchev–Trinajstić information content (AvgIpc) is 2.73. The number of rotatable bonds is 3. The summed E-state index contributed by atoms with van der Waals surface area (Å²) in [5, 5.41) is 11.5. The number of nitrogens with zero attached hydrogens (tertiary/aromatic N) is 1. The fraction of sp³-hybridized carbons (Fsp3) is 0.0833. The number of anilines is 1. The van der Waals surface area contributed by atoms with Crippen LogP contribution in [-0.4, -0.2) is 0 Å². The topological polar surface area (TPSA) is 49.0 Å². The Morgan fingerprint density at radius 2 is 2.18 bits per heavy atom.